The summed E-state index contributed by atoms with van der Waals surface area (Å²) in [7, 11) is 0. The summed E-state index contributed by atoms with van der Waals surface area (Å²) in [4.78, 5) is 0. The molecule has 0 saturated carbocycles. The number of hydrogen-bond acceptors (Lipinski definition) is 2. The van der Waals surface area contributed by atoms with Crippen LogP contribution in [0.4, 0.5) is 0 Å². The molecule has 0 bridgehead atoms. The summed E-state index contributed by atoms with van der Waals surface area (Å²) in [6, 6.07) is 5.83. The molecule has 3 heteroatoms. The van der Waals surface area contributed by atoms with Crippen LogP contribution in [-0.4, -0.2) is 6.79 Å². The summed E-state index contributed by atoms with van der Waals surface area (Å²) < 4.78 is 10.5. The van der Waals surface area contributed by atoms with Gasteiger partial charge in [0.25, 0.3) is 0 Å². The Hall–Kier alpha value is -0.890. The van der Waals surface area contributed by atoms with E-state index in [4.69, 9.17) is 21.1 Å². The second-order valence-electron chi connectivity index (χ2n) is 2.99. The van der Waals surface area contributed by atoms with Crippen LogP contribution in [0.1, 0.15) is 24.3 Å². The molecule has 0 fully saturated rings. The fraction of sp³-hybridized carbons (Fsp3) is 0.400. The highest BCUT2D eigenvalue weighted by Crippen LogP contribution is 2.36. The maximum atomic E-state index is 6.10. The van der Waals surface area contributed by atoms with Gasteiger partial charge in [0.2, 0.25) is 6.79 Å². The van der Waals surface area contributed by atoms with E-state index in [1.165, 1.54) is 0 Å². The monoisotopic (exact) mass is 198 g/mol. The molecule has 1 heterocycles. The lowest BCUT2D eigenvalue weighted by atomic mass is 10.1. The van der Waals surface area contributed by atoms with E-state index >= 15 is 0 Å². The highest BCUT2D eigenvalue weighted by Gasteiger charge is 2.15. The molecule has 0 radical (unpaired) electrons. The van der Waals surface area contributed by atoms with Gasteiger partial charge in [0.05, 0.1) is 5.38 Å². The molecule has 0 aromatic heterocycles. The Morgan fingerprint density at radius 1 is 1.38 bits per heavy atom. The molecule has 2 rings (SSSR count). The van der Waals surface area contributed by atoms with Gasteiger partial charge in [0.1, 0.15) is 0 Å². The molecule has 2 nitrogen and oxygen atoms in total. The molecule has 1 aliphatic heterocycles. The first-order valence-corrected chi connectivity index (χ1v) is 4.78. The van der Waals surface area contributed by atoms with E-state index in [-0.39, 0.29) is 5.38 Å². The molecule has 70 valence electrons. The Kier molecular flexibility index (Phi) is 2.32. The zero-order chi connectivity index (χ0) is 9.26. The van der Waals surface area contributed by atoms with Gasteiger partial charge in [-0.1, -0.05) is 13.0 Å². The van der Waals surface area contributed by atoms with Gasteiger partial charge in [0.15, 0.2) is 11.5 Å². The fourth-order valence-corrected chi connectivity index (χ4v) is 1.48. The zero-order valence-electron chi connectivity index (χ0n) is 7.42. The van der Waals surface area contributed by atoms with Crippen LogP contribution in [0.25, 0.3) is 0 Å². The Morgan fingerprint density at radius 2 is 2.15 bits per heavy atom. The zero-order valence-corrected chi connectivity index (χ0v) is 8.17. The van der Waals surface area contributed by atoms with Crippen LogP contribution in [0.15, 0.2) is 18.2 Å². The third-order valence-electron chi connectivity index (χ3n) is 2.12. The summed E-state index contributed by atoms with van der Waals surface area (Å²) in [5.74, 6) is 1.61. The predicted molar refractivity (Wildman–Crippen MR) is 51.5 cm³/mol. The van der Waals surface area contributed by atoms with Crippen molar-refractivity contribution in [1.29, 1.82) is 0 Å². The lowest BCUT2D eigenvalue weighted by Gasteiger charge is -2.06. The van der Waals surface area contributed by atoms with Gasteiger partial charge in [-0.25, -0.2) is 0 Å². The van der Waals surface area contributed by atoms with Crippen LogP contribution >= 0.6 is 11.6 Å². The van der Waals surface area contributed by atoms with E-state index in [0.29, 0.717) is 6.79 Å². The maximum absolute atomic E-state index is 6.10. The third kappa shape index (κ3) is 1.59. The Bertz CT molecular complexity index is 312. The summed E-state index contributed by atoms with van der Waals surface area (Å²) in [5, 5.41) is 0.0644. The Morgan fingerprint density at radius 3 is 2.92 bits per heavy atom. The van der Waals surface area contributed by atoms with E-state index in [9.17, 15) is 0 Å². The van der Waals surface area contributed by atoms with Gasteiger partial charge in [0, 0.05) is 0 Å². The minimum atomic E-state index is 0.0644. The highest BCUT2D eigenvalue weighted by molar-refractivity contribution is 6.20. The van der Waals surface area contributed by atoms with Crippen LogP contribution in [0.3, 0.4) is 0 Å². The maximum Gasteiger partial charge on any atom is 0.231 e. The van der Waals surface area contributed by atoms with Crippen molar-refractivity contribution in [3.8, 4) is 11.5 Å². The average Bonchev–Trinajstić information content (AvgIpc) is 2.63. The quantitative estimate of drug-likeness (QED) is 0.680. The Labute approximate surface area is 82.4 Å². The Balaban J connectivity index is 2.30. The van der Waals surface area contributed by atoms with Gasteiger partial charge in [-0.2, -0.15) is 0 Å². The summed E-state index contributed by atoms with van der Waals surface area (Å²) in [5.41, 5.74) is 1.09. The van der Waals surface area contributed by atoms with Gasteiger partial charge in [-0.3, -0.25) is 0 Å². The average molecular weight is 199 g/mol. The van der Waals surface area contributed by atoms with Crippen molar-refractivity contribution in [3.05, 3.63) is 23.8 Å². The summed E-state index contributed by atoms with van der Waals surface area (Å²) >= 11 is 6.10. The van der Waals surface area contributed by atoms with Crippen molar-refractivity contribution in [2.75, 3.05) is 6.79 Å². The largest absolute Gasteiger partial charge is 0.454 e. The predicted octanol–water partition coefficient (Wildman–Crippen LogP) is 3.11. The highest BCUT2D eigenvalue weighted by atomic mass is 35.5. The first-order chi connectivity index (χ1) is 6.31. The number of rotatable bonds is 2. The molecule has 0 spiro atoms. The molecular formula is C10H11ClO2. The van der Waals surface area contributed by atoms with Crippen LogP contribution in [0.5, 0.6) is 11.5 Å². The summed E-state index contributed by atoms with van der Waals surface area (Å²) in [6.45, 7) is 2.38. The van der Waals surface area contributed by atoms with Crippen molar-refractivity contribution < 1.29 is 9.47 Å². The molecule has 13 heavy (non-hydrogen) atoms. The lowest BCUT2D eigenvalue weighted by Crippen LogP contribution is -1.93. The van der Waals surface area contributed by atoms with E-state index in [1.807, 2.05) is 18.2 Å². The topological polar surface area (TPSA) is 18.5 Å². The number of ether oxygens (including phenoxy) is 2. The van der Waals surface area contributed by atoms with Crippen molar-refractivity contribution in [1.82, 2.24) is 0 Å². The van der Waals surface area contributed by atoms with Crippen LogP contribution < -0.4 is 9.47 Å². The SMILES string of the molecule is CCC(Cl)c1ccc2c(c1)OCO2. The van der Waals surface area contributed by atoms with Crippen molar-refractivity contribution in [2.24, 2.45) is 0 Å². The minimum absolute atomic E-state index is 0.0644. The molecule has 1 unspecified atom stereocenters. The van der Waals surface area contributed by atoms with Gasteiger partial charge in [-0.05, 0) is 24.1 Å². The number of halogens is 1. The van der Waals surface area contributed by atoms with Crippen molar-refractivity contribution in [3.63, 3.8) is 0 Å². The lowest BCUT2D eigenvalue weighted by molar-refractivity contribution is 0.174. The second kappa shape index (κ2) is 3.46. The molecular weight excluding hydrogens is 188 g/mol. The van der Waals surface area contributed by atoms with Crippen molar-refractivity contribution >= 4 is 11.6 Å². The van der Waals surface area contributed by atoms with Crippen LogP contribution in [-0.2, 0) is 0 Å². The van der Waals surface area contributed by atoms with Gasteiger partial charge < -0.3 is 9.47 Å². The third-order valence-corrected chi connectivity index (χ3v) is 2.68. The smallest absolute Gasteiger partial charge is 0.231 e. The number of fused-ring (bicyclic) bond motifs is 1. The molecule has 1 aromatic carbocycles. The molecule has 0 saturated heterocycles. The van der Waals surface area contributed by atoms with Gasteiger partial charge in [-0.15, -0.1) is 11.6 Å². The molecule has 0 aliphatic carbocycles. The first kappa shape index (κ1) is 8.70. The van der Waals surface area contributed by atoms with Gasteiger partial charge >= 0.3 is 0 Å². The van der Waals surface area contributed by atoms with E-state index in [2.05, 4.69) is 6.92 Å². The van der Waals surface area contributed by atoms with E-state index in [1.54, 1.807) is 0 Å². The first-order valence-electron chi connectivity index (χ1n) is 4.35. The summed E-state index contributed by atoms with van der Waals surface area (Å²) in [6.07, 6.45) is 0.918. The molecule has 1 atom stereocenters. The fourth-order valence-electron chi connectivity index (χ4n) is 1.34. The molecule has 0 N–H and O–H groups in total. The molecule has 0 amide bonds. The molecule has 1 aromatic rings. The number of benzene rings is 1. The second-order valence-corrected chi connectivity index (χ2v) is 3.52. The van der Waals surface area contributed by atoms with Crippen LogP contribution in [0, 0.1) is 0 Å². The normalized spacial score (nSPS) is 15.8. The number of hydrogen-bond donors (Lipinski definition) is 0. The minimum Gasteiger partial charge on any atom is -0.454 e. The molecule has 1 aliphatic rings. The van der Waals surface area contributed by atoms with E-state index in [0.717, 1.165) is 23.5 Å². The number of alkyl halides is 1. The van der Waals surface area contributed by atoms with E-state index < -0.39 is 0 Å². The van der Waals surface area contributed by atoms with Crippen LogP contribution in [0.2, 0.25) is 0 Å². The standard InChI is InChI=1S/C10H11ClO2/c1-2-8(11)7-3-4-9-10(5-7)13-6-12-9/h3-5,8H,2,6H2,1H3. The van der Waals surface area contributed by atoms with Crippen molar-refractivity contribution in [2.45, 2.75) is 18.7 Å².